The molecule has 0 N–H and O–H groups in total. The Labute approximate surface area is 289 Å². The number of anilines is 3. The van der Waals surface area contributed by atoms with Crippen molar-refractivity contribution < 1.29 is 12.3 Å². The van der Waals surface area contributed by atoms with E-state index in [0.717, 1.165) is 44.2 Å². The van der Waals surface area contributed by atoms with Crippen LogP contribution in [0.2, 0.25) is 0 Å². The zero-order valence-electron chi connectivity index (χ0n) is 34.3. The van der Waals surface area contributed by atoms with Crippen LogP contribution in [0.25, 0.3) is 55.3 Å². The number of hydrogen-bond donors (Lipinski definition) is 0. The standard InChI is InChI=1S/C46H33N/c1-3-11-34(12-4-1)36-21-23-37(24-22-36)39-27-31-43(32-28-39)47(42-29-25-38(26-30-42)35-13-5-2-6-14-35)44-18-9-17-41(33-44)46-20-10-16-40-15-7-8-19-45(40)46/h1-33H/i2D,5D,6D,13D,14D,25D,26D,29D,30D. The Hall–Kier alpha value is -6.18. The summed E-state index contributed by atoms with van der Waals surface area (Å²) >= 11 is 0. The van der Waals surface area contributed by atoms with Crippen molar-refractivity contribution in [3.05, 3.63) is 200 Å². The van der Waals surface area contributed by atoms with E-state index in [1.165, 1.54) is 0 Å². The number of hydrogen-bond acceptors (Lipinski definition) is 1. The van der Waals surface area contributed by atoms with Crippen LogP contribution in [0.1, 0.15) is 12.3 Å². The molecule has 0 spiro atoms. The summed E-state index contributed by atoms with van der Waals surface area (Å²) in [6.45, 7) is 0. The van der Waals surface area contributed by atoms with Crippen LogP contribution in [-0.4, -0.2) is 0 Å². The third-order valence-corrected chi connectivity index (χ3v) is 8.24. The molecule has 8 aromatic carbocycles. The molecule has 0 bridgehead atoms. The summed E-state index contributed by atoms with van der Waals surface area (Å²) in [4.78, 5) is 1.68. The van der Waals surface area contributed by atoms with Crippen molar-refractivity contribution >= 4 is 27.8 Å². The van der Waals surface area contributed by atoms with E-state index >= 15 is 0 Å². The van der Waals surface area contributed by atoms with Crippen LogP contribution in [0.4, 0.5) is 17.1 Å². The molecule has 0 aliphatic heterocycles. The second-order valence-electron chi connectivity index (χ2n) is 11.1. The smallest absolute Gasteiger partial charge is 0.0645 e. The molecule has 8 aromatic rings. The second kappa shape index (κ2) is 12.7. The summed E-state index contributed by atoms with van der Waals surface area (Å²) in [5.41, 5.74) is 6.36. The van der Waals surface area contributed by atoms with Gasteiger partial charge in [0.1, 0.15) is 0 Å². The fourth-order valence-corrected chi connectivity index (χ4v) is 5.90. The molecule has 0 aliphatic carbocycles. The molecule has 1 nitrogen and oxygen atoms in total. The first-order valence-electron chi connectivity index (χ1n) is 19.9. The minimum Gasteiger partial charge on any atom is -0.310 e. The van der Waals surface area contributed by atoms with Gasteiger partial charge < -0.3 is 4.90 Å². The van der Waals surface area contributed by atoms with Crippen LogP contribution in [-0.2, 0) is 0 Å². The van der Waals surface area contributed by atoms with Gasteiger partial charge in [-0.25, -0.2) is 0 Å². The first kappa shape index (κ1) is 20.0. The zero-order valence-corrected chi connectivity index (χ0v) is 25.3. The van der Waals surface area contributed by atoms with Crippen molar-refractivity contribution in [1.29, 1.82) is 0 Å². The first-order chi connectivity index (χ1) is 27.0. The summed E-state index contributed by atoms with van der Waals surface area (Å²) in [6.07, 6.45) is 0. The number of fused-ring (bicyclic) bond motifs is 1. The van der Waals surface area contributed by atoms with Crippen LogP contribution in [0.15, 0.2) is 200 Å². The van der Waals surface area contributed by atoms with Crippen LogP contribution >= 0.6 is 0 Å². The van der Waals surface area contributed by atoms with Crippen molar-refractivity contribution in [1.82, 2.24) is 0 Å². The van der Waals surface area contributed by atoms with Crippen molar-refractivity contribution in [3.63, 3.8) is 0 Å². The van der Waals surface area contributed by atoms with E-state index in [2.05, 4.69) is 42.5 Å². The molecule has 0 aromatic heterocycles. The van der Waals surface area contributed by atoms with E-state index in [4.69, 9.17) is 9.60 Å². The Kier molecular flexibility index (Phi) is 5.40. The molecule has 0 saturated carbocycles. The van der Waals surface area contributed by atoms with Gasteiger partial charge in [0, 0.05) is 17.1 Å². The zero-order chi connectivity index (χ0) is 39.2. The van der Waals surface area contributed by atoms with Gasteiger partial charge in [0.15, 0.2) is 0 Å². The van der Waals surface area contributed by atoms with E-state index in [-0.39, 0.29) is 16.8 Å². The predicted octanol–water partition coefficient (Wildman–Crippen LogP) is 13.0. The Morgan fingerprint density at radius 2 is 0.894 bits per heavy atom. The van der Waals surface area contributed by atoms with Crippen LogP contribution in [0, 0.1) is 0 Å². The lowest BCUT2D eigenvalue weighted by Gasteiger charge is -2.26. The van der Waals surface area contributed by atoms with Crippen LogP contribution in [0.3, 0.4) is 0 Å². The topological polar surface area (TPSA) is 3.24 Å². The van der Waals surface area contributed by atoms with Gasteiger partial charge in [0.05, 0.1) is 12.3 Å². The van der Waals surface area contributed by atoms with Gasteiger partial charge in [-0.1, -0.05) is 164 Å². The van der Waals surface area contributed by atoms with E-state index in [1.54, 1.807) is 4.90 Å². The third-order valence-electron chi connectivity index (χ3n) is 8.24. The fourth-order valence-electron chi connectivity index (χ4n) is 5.90. The quantitative estimate of drug-likeness (QED) is 0.174. The fraction of sp³-hybridized carbons (Fsp3) is 0. The monoisotopic (exact) mass is 608 g/mol. The van der Waals surface area contributed by atoms with E-state index < -0.39 is 54.4 Å². The normalized spacial score (nSPS) is 13.7. The maximum absolute atomic E-state index is 9.35. The molecule has 0 unspecified atom stereocenters. The Balaban J connectivity index is 1.30. The highest BCUT2D eigenvalue weighted by Gasteiger charge is 2.15. The summed E-state index contributed by atoms with van der Waals surface area (Å²) < 4.78 is 78.6. The van der Waals surface area contributed by atoms with Crippen LogP contribution in [0.5, 0.6) is 0 Å². The molecule has 0 fully saturated rings. The van der Waals surface area contributed by atoms with Gasteiger partial charge in [-0.15, -0.1) is 0 Å². The lowest BCUT2D eigenvalue weighted by molar-refractivity contribution is 1.28. The Morgan fingerprint density at radius 3 is 1.62 bits per heavy atom. The highest BCUT2D eigenvalue weighted by molar-refractivity contribution is 5.97. The second-order valence-corrected chi connectivity index (χ2v) is 11.1. The molecule has 0 atom stereocenters. The highest BCUT2D eigenvalue weighted by atomic mass is 15.1. The molecule has 0 amide bonds. The average molecular weight is 609 g/mol. The molecule has 0 aliphatic rings. The molecule has 222 valence electrons. The van der Waals surface area contributed by atoms with Crippen molar-refractivity contribution in [2.24, 2.45) is 0 Å². The van der Waals surface area contributed by atoms with Crippen molar-refractivity contribution in [3.8, 4) is 44.5 Å². The van der Waals surface area contributed by atoms with E-state index in [9.17, 15) is 2.74 Å². The number of nitrogens with zero attached hydrogens (tertiary/aromatic N) is 1. The SMILES string of the molecule is [2H]c1c([2H])c([2H])c(-c2c([2H])c([2H])c(N(c3ccc(-c4ccc(-c5ccccc5)cc4)cc3)c3cccc(-c4cccc5ccccc45)c3)c([2H])c2[2H])c([2H])c1[2H]. The molecule has 0 heterocycles. The molecule has 0 saturated heterocycles. The van der Waals surface area contributed by atoms with Gasteiger partial charge in [0.25, 0.3) is 0 Å². The summed E-state index contributed by atoms with van der Waals surface area (Å²) in [6, 6.07) is 42.9. The molecule has 0 radical (unpaired) electrons. The predicted molar refractivity (Wildman–Crippen MR) is 200 cm³/mol. The van der Waals surface area contributed by atoms with Gasteiger partial charge >= 0.3 is 0 Å². The maximum atomic E-state index is 9.35. The molecule has 1 heteroatoms. The van der Waals surface area contributed by atoms with Gasteiger partial charge in [-0.2, -0.15) is 0 Å². The minimum atomic E-state index is -0.622. The number of rotatable bonds is 7. The Bertz CT molecular complexity index is 2720. The Morgan fingerprint density at radius 1 is 0.340 bits per heavy atom. The highest BCUT2D eigenvalue weighted by Crippen LogP contribution is 2.39. The lowest BCUT2D eigenvalue weighted by Crippen LogP contribution is -2.10. The van der Waals surface area contributed by atoms with Gasteiger partial charge in [-0.05, 0) is 91.6 Å². The third kappa shape index (κ3) is 5.83. The van der Waals surface area contributed by atoms with E-state index in [1.807, 2.05) is 103 Å². The summed E-state index contributed by atoms with van der Waals surface area (Å²) in [5.74, 6) is 0. The molecular formula is C46H33N. The van der Waals surface area contributed by atoms with Crippen molar-refractivity contribution in [2.75, 3.05) is 4.90 Å². The first-order valence-corrected chi connectivity index (χ1v) is 15.4. The van der Waals surface area contributed by atoms with E-state index in [0.29, 0.717) is 11.4 Å². The van der Waals surface area contributed by atoms with Crippen LogP contribution < -0.4 is 4.90 Å². The minimum absolute atomic E-state index is 0.0499. The lowest BCUT2D eigenvalue weighted by atomic mass is 9.97. The average Bonchev–Trinajstić information content (AvgIpc) is 3.24. The summed E-state index contributed by atoms with van der Waals surface area (Å²) in [7, 11) is 0. The molecule has 8 rings (SSSR count). The summed E-state index contributed by atoms with van der Waals surface area (Å²) in [5, 5.41) is 2.12. The van der Waals surface area contributed by atoms with Gasteiger partial charge in [0.2, 0.25) is 0 Å². The largest absolute Gasteiger partial charge is 0.310 e. The maximum Gasteiger partial charge on any atom is 0.0645 e. The van der Waals surface area contributed by atoms with Crippen molar-refractivity contribution in [2.45, 2.75) is 0 Å². The molecule has 47 heavy (non-hydrogen) atoms. The number of benzene rings is 8. The van der Waals surface area contributed by atoms with Gasteiger partial charge in [-0.3, -0.25) is 0 Å². The molecular weight excluding hydrogens is 567 g/mol.